The molecule has 0 spiro atoms. The van der Waals surface area contributed by atoms with E-state index in [0.717, 1.165) is 17.7 Å². The molecule has 1 aromatic carbocycles. The molecule has 0 aliphatic rings. The van der Waals surface area contributed by atoms with Crippen molar-refractivity contribution in [3.8, 4) is 11.8 Å². The number of hydrogen-bond donors (Lipinski definition) is 2. The number of aryl methyl sites for hydroxylation is 1. The second-order valence-corrected chi connectivity index (χ2v) is 4.72. The van der Waals surface area contributed by atoms with Crippen LogP contribution in [0.4, 0.5) is 18.9 Å². The minimum Gasteiger partial charge on any atom is -0.457 e. The maximum absolute atomic E-state index is 13.3. The monoisotopic (exact) mass is 340 g/mol. The van der Waals surface area contributed by atoms with Crippen molar-refractivity contribution in [1.29, 1.82) is 0 Å². The van der Waals surface area contributed by atoms with Crippen molar-refractivity contribution < 1.29 is 22.6 Å². The van der Waals surface area contributed by atoms with Crippen LogP contribution in [-0.4, -0.2) is 23.2 Å². The van der Waals surface area contributed by atoms with Gasteiger partial charge in [0, 0.05) is 30.3 Å². The quantitative estimate of drug-likeness (QED) is 0.806. The average Bonchev–Trinajstić information content (AvgIpc) is 2.54. The van der Waals surface area contributed by atoms with Gasteiger partial charge in [-0.2, -0.15) is 8.78 Å². The zero-order valence-corrected chi connectivity index (χ0v) is 12.7. The van der Waals surface area contributed by atoms with E-state index in [1.165, 1.54) is 12.3 Å². The van der Waals surface area contributed by atoms with E-state index in [1.807, 2.05) is 6.92 Å². The van der Waals surface area contributed by atoms with Crippen molar-refractivity contribution in [3.63, 3.8) is 0 Å². The van der Waals surface area contributed by atoms with Gasteiger partial charge in [-0.1, -0.05) is 0 Å². The number of rotatable bonds is 7. The normalized spacial score (nSPS) is 11.5. The standard InChI is InChI=1S/C15H15F3N4O2/c1-9-5-21-15(22-6-9)23-8-10(19)7-20-11-2-3-12(16)13(4-11)24-14(17)18/h2-7,14,20H,8,19H2,1H3/b10-7-. The Bertz CT molecular complexity index is 708. The van der Waals surface area contributed by atoms with Crippen LogP contribution in [0.2, 0.25) is 0 Å². The molecule has 3 N–H and O–H groups in total. The fourth-order valence-corrected chi connectivity index (χ4v) is 1.60. The fourth-order valence-electron chi connectivity index (χ4n) is 1.60. The number of ether oxygens (including phenoxy) is 2. The zero-order chi connectivity index (χ0) is 17.5. The van der Waals surface area contributed by atoms with Crippen molar-refractivity contribution in [2.45, 2.75) is 13.5 Å². The smallest absolute Gasteiger partial charge is 0.387 e. The predicted octanol–water partition coefficient (Wildman–Crippen LogP) is 2.82. The summed E-state index contributed by atoms with van der Waals surface area (Å²) in [6.07, 6.45) is 4.58. The van der Waals surface area contributed by atoms with Gasteiger partial charge in [-0.05, 0) is 24.6 Å². The largest absolute Gasteiger partial charge is 0.457 e. The van der Waals surface area contributed by atoms with Crippen LogP contribution in [0.5, 0.6) is 11.8 Å². The first-order valence-corrected chi connectivity index (χ1v) is 6.81. The van der Waals surface area contributed by atoms with Crippen molar-refractivity contribution in [2.75, 3.05) is 11.9 Å². The molecule has 0 amide bonds. The van der Waals surface area contributed by atoms with E-state index in [-0.39, 0.29) is 12.6 Å². The molecule has 0 aliphatic carbocycles. The summed E-state index contributed by atoms with van der Waals surface area (Å²) in [5.41, 5.74) is 7.25. The third-order valence-corrected chi connectivity index (χ3v) is 2.70. The first-order valence-electron chi connectivity index (χ1n) is 6.81. The van der Waals surface area contributed by atoms with Crippen LogP contribution in [0.1, 0.15) is 5.56 Å². The summed E-state index contributed by atoms with van der Waals surface area (Å²) in [5, 5.41) is 2.73. The summed E-state index contributed by atoms with van der Waals surface area (Å²) in [7, 11) is 0. The van der Waals surface area contributed by atoms with Gasteiger partial charge in [-0.3, -0.25) is 0 Å². The Balaban J connectivity index is 1.93. The first-order chi connectivity index (χ1) is 11.4. The van der Waals surface area contributed by atoms with Gasteiger partial charge in [-0.15, -0.1) is 0 Å². The summed E-state index contributed by atoms with van der Waals surface area (Å²) in [6, 6.07) is 3.61. The summed E-state index contributed by atoms with van der Waals surface area (Å²) < 4.78 is 47.0. The van der Waals surface area contributed by atoms with E-state index >= 15 is 0 Å². The summed E-state index contributed by atoms with van der Waals surface area (Å²) in [4.78, 5) is 7.90. The highest BCUT2D eigenvalue weighted by Crippen LogP contribution is 2.23. The Hall–Kier alpha value is -2.97. The van der Waals surface area contributed by atoms with Crippen molar-refractivity contribution in [3.05, 3.63) is 53.9 Å². The number of aromatic nitrogens is 2. The second-order valence-electron chi connectivity index (χ2n) is 4.72. The average molecular weight is 340 g/mol. The lowest BCUT2D eigenvalue weighted by Crippen LogP contribution is -2.12. The molecular formula is C15H15F3N4O2. The van der Waals surface area contributed by atoms with Gasteiger partial charge in [0.25, 0.3) is 0 Å². The molecule has 9 heteroatoms. The van der Waals surface area contributed by atoms with Gasteiger partial charge in [0.15, 0.2) is 11.6 Å². The van der Waals surface area contributed by atoms with Crippen LogP contribution in [-0.2, 0) is 0 Å². The van der Waals surface area contributed by atoms with Crippen molar-refractivity contribution in [2.24, 2.45) is 5.73 Å². The molecule has 0 atom stereocenters. The molecule has 6 nitrogen and oxygen atoms in total. The minimum atomic E-state index is -3.11. The minimum absolute atomic E-state index is 0.0116. The molecule has 0 radical (unpaired) electrons. The van der Waals surface area contributed by atoms with E-state index in [9.17, 15) is 13.2 Å². The lowest BCUT2D eigenvalue weighted by atomic mass is 10.3. The highest BCUT2D eigenvalue weighted by molar-refractivity contribution is 5.50. The maximum atomic E-state index is 13.3. The van der Waals surface area contributed by atoms with E-state index in [0.29, 0.717) is 11.4 Å². The number of nitrogens with two attached hydrogens (primary N) is 1. The van der Waals surface area contributed by atoms with Crippen LogP contribution in [0.25, 0.3) is 0 Å². The number of halogens is 3. The predicted molar refractivity (Wildman–Crippen MR) is 81.2 cm³/mol. The third kappa shape index (κ3) is 5.34. The number of nitrogens with zero attached hydrogens (tertiary/aromatic N) is 2. The third-order valence-electron chi connectivity index (χ3n) is 2.70. The molecule has 0 bridgehead atoms. The Morgan fingerprint density at radius 1 is 1.33 bits per heavy atom. The molecule has 0 unspecified atom stereocenters. The number of benzene rings is 1. The Labute approximate surface area is 136 Å². The Morgan fingerprint density at radius 3 is 2.71 bits per heavy atom. The van der Waals surface area contributed by atoms with Gasteiger partial charge >= 0.3 is 12.6 Å². The second kappa shape index (κ2) is 8.04. The highest BCUT2D eigenvalue weighted by Gasteiger charge is 2.10. The summed E-state index contributed by atoms with van der Waals surface area (Å²) in [6.45, 7) is -1.26. The van der Waals surface area contributed by atoms with Crippen molar-refractivity contribution >= 4 is 5.69 Å². The molecule has 0 saturated carbocycles. The SMILES string of the molecule is Cc1cnc(OC/C(N)=C/Nc2ccc(F)c(OC(F)F)c2)nc1. The van der Waals surface area contributed by atoms with Crippen LogP contribution < -0.4 is 20.5 Å². The maximum Gasteiger partial charge on any atom is 0.387 e. The summed E-state index contributed by atoms with van der Waals surface area (Å²) >= 11 is 0. The molecule has 2 rings (SSSR count). The lowest BCUT2D eigenvalue weighted by molar-refractivity contribution is -0.0521. The van der Waals surface area contributed by atoms with E-state index in [1.54, 1.807) is 12.4 Å². The van der Waals surface area contributed by atoms with Gasteiger partial charge in [0.05, 0.1) is 5.70 Å². The topological polar surface area (TPSA) is 82.3 Å². The van der Waals surface area contributed by atoms with Crippen molar-refractivity contribution in [1.82, 2.24) is 9.97 Å². The molecule has 0 aliphatic heterocycles. The molecule has 0 saturated heterocycles. The first kappa shape index (κ1) is 17.4. The summed E-state index contributed by atoms with van der Waals surface area (Å²) in [5.74, 6) is -1.45. The van der Waals surface area contributed by atoms with Crippen LogP contribution in [0, 0.1) is 12.7 Å². The van der Waals surface area contributed by atoms with Gasteiger partial charge in [0.1, 0.15) is 6.61 Å². The van der Waals surface area contributed by atoms with E-state index in [4.69, 9.17) is 10.5 Å². The highest BCUT2D eigenvalue weighted by atomic mass is 19.3. The van der Waals surface area contributed by atoms with Crippen LogP contribution in [0.3, 0.4) is 0 Å². The lowest BCUT2D eigenvalue weighted by Gasteiger charge is -2.09. The fraction of sp³-hybridized carbons (Fsp3) is 0.200. The number of hydrogen-bond acceptors (Lipinski definition) is 6. The number of anilines is 1. The zero-order valence-electron chi connectivity index (χ0n) is 12.7. The van der Waals surface area contributed by atoms with Gasteiger partial charge in [0.2, 0.25) is 0 Å². The molecular weight excluding hydrogens is 325 g/mol. The Morgan fingerprint density at radius 2 is 2.04 bits per heavy atom. The van der Waals surface area contributed by atoms with Crippen LogP contribution in [0.15, 0.2) is 42.5 Å². The molecule has 2 aromatic rings. The van der Waals surface area contributed by atoms with E-state index < -0.39 is 18.2 Å². The molecule has 0 fully saturated rings. The number of alkyl halides is 2. The van der Waals surface area contributed by atoms with Gasteiger partial charge in [-0.25, -0.2) is 14.4 Å². The molecule has 1 heterocycles. The molecule has 1 aromatic heterocycles. The van der Waals surface area contributed by atoms with Gasteiger partial charge < -0.3 is 20.5 Å². The van der Waals surface area contributed by atoms with Crippen LogP contribution >= 0.6 is 0 Å². The molecule has 24 heavy (non-hydrogen) atoms. The number of nitrogens with one attached hydrogen (secondary N) is 1. The Kier molecular flexibility index (Phi) is 5.83. The van der Waals surface area contributed by atoms with E-state index in [2.05, 4.69) is 20.0 Å². The molecule has 128 valence electrons.